The molecule has 12 heteroatoms. The summed E-state index contributed by atoms with van der Waals surface area (Å²) in [6.07, 6.45) is -8.82. The van der Waals surface area contributed by atoms with Crippen molar-refractivity contribution in [1.82, 2.24) is 15.1 Å². The highest BCUT2D eigenvalue weighted by Crippen LogP contribution is 2.34. The number of hydrogen-bond acceptors (Lipinski definition) is 3. The second-order valence-corrected chi connectivity index (χ2v) is 6.25. The first kappa shape index (κ1) is 21.0. The summed E-state index contributed by atoms with van der Waals surface area (Å²) >= 11 is 0. The highest BCUT2D eigenvalue weighted by Gasteiger charge is 2.39. The van der Waals surface area contributed by atoms with Crippen molar-refractivity contribution in [2.24, 2.45) is 0 Å². The number of fused-ring (bicyclic) bond motifs is 1. The van der Waals surface area contributed by atoms with Gasteiger partial charge in [-0.3, -0.25) is 4.68 Å². The molecule has 0 saturated carbocycles. The first-order valence-electron chi connectivity index (χ1n) is 8.51. The van der Waals surface area contributed by atoms with Crippen LogP contribution in [0.1, 0.15) is 22.5 Å². The average Bonchev–Trinajstić information content (AvgIpc) is 3.01. The molecule has 1 aliphatic heterocycles. The number of nitrogens with one attached hydrogen (secondary N) is 2. The number of carbonyl (C=O) groups excluding carboxylic acids is 1. The van der Waals surface area contributed by atoms with Gasteiger partial charge in [0.25, 0.3) is 0 Å². The van der Waals surface area contributed by atoms with Crippen LogP contribution in [-0.2, 0) is 36.7 Å². The number of amides is 2. The van der Waals surface area contributed by atoms with Gasteiger partial charge in [0.15, 0.2) is 5.69 Å². The first-order chi connectivity index (χ1) is 13.6. The van der Waals surface area contributed by atoms with E-state index in [1.54, 1.807) is 0 Å². The third-order valence-electron chi connectivity index (χ3n) is 4.24. The van der Waals surface area contributed by atoms with Crippen LogP contribution >= 0.6 is 0 Å². The minimum atomic E-state index is -4.61. The van der Waals surface area contributed by atoms with E-state index in [1.165, 1.54) is 4.68 Å². The van der Waals surface area contributed by atoms with Gasteiger partial charge >= 0.3 is 18.4 Å². The van der Waals surface area contributed by atoms with Gasteiger partial charge in [0.1, 0.15) is 0 Å². The highest BCUT2D eigenvalue weighted by atomic mass is 19.4. The molecule has 1 aromatic carbocycles. The fourth-order valence-electron chi connectivity index (χ4n) is 2.91. The Bertz CT molecular complexity index is 874. The predicted octanol–water partition coefficient (Wildman–Crippen LogP) is 3.82. The van der Waals surface area contributed by atoms with E-state index in [0.29, 0.717) is 5.69 Å². The van der Waals surface area contributed by atoms with Gasteiger partial charge in [0, 0.05) is 29.9 Å². The maximum absolute atomic E-state index is 13.1. The maximum atomic E-state index is 13.1. The third-order valence-corrected chi connectivity index (χ3v) is 4.24. The minimum Gasteiger partial charge on any atom is -0.376 e. The second-order valence-electron chi connectivity index (χ2n) is 6.25. The lowest BCUT2D eigenvalue weighted by Gasteiger charge is -2.15. The number of rotatable bonds is 4. The highest BCUT2D eigenvalue weighted by molar-refractivity contribution is 5.89. The van der Waals surface area contributed by atoms with Crippen molar-refractivity contribution in [2.45, 2.75) is 31.9 Å². The van der Waals surface area contributed by atoms with Crippen molar-refractivity contribution in [2.75, 3.05) is 18.5 Å². The van der Waals surface area contributed by atoms with Crippen molar-refractivity contribution in [3.63, 3.8) is 0 Å². The Hall–Kier alpha value is -2.76. The summed E-state index contributed by atoms with van der Waals surface area (Å²) in [5, 5.41) is 8.40. The summed E-state index contributed by atoms with van der Waals surface area (Å²) < 4.78 is 83.1. The Kier molecular flexibility index (Phi) is 5.73. The lowest BCUT2D eigenvalue weighted by Crippen LogP contribution is -2.32. The molecule has 0 fully saturated rings. The van der Waals surface area contributed by atoms with Crippen molar-refractivity contribution in [1.29, 1.82) is 0 Å². The number of halogens is 6. The molecule has 0 aliphatic carbocycles. The molecule has 2 heterocycles. The number of ether oxygens (including phenoxy) is 1. The van der Waals surface area contributed by atoms with Crippen LogP contribution in [-0.4, -0.2) is 29.0 Å². The van der Waals surface area contributed by atoms with Gasteiger partial charge in [-0.05, 0) is 24.3 Å². The second kappa shape index (κ2) is 7.93. The number of alkyl halides is 6. The third kappa shape index (κ3) is 5.00. The van der Waals surface area contributed by atoms with Crippen molar-refractivity contribution >= 4 is 11.7 Å². The zero-order valence-corrected chi connectivity index (χ0v) is 14.8. The smallest absolute Gasteiger partial charge is 0.376 e. The normalized spacial score (nSPS) is 14.4. The Labute approximate surface area is 160 Å². The lowest BCUT2D eigenvalue weighted by atomic mass is 10.1. The van der Waals surface area contributed by atoms with E-state index in [2.05, 4.69) is 15.7 Å². The summed E-state index contributed by atoms with van der Waals surface area (Å²) in [4.78, 5) is 11.9. The monoisotopic (exact) mass is 422 g/mol. The van der Waals surface area contributed by atoms with Crippen molar-refractivity contribution < 1.29 is 35.9 Å². The van der Waals surface area contributed by atoms with Crippen LogP contribution in [0.25, 0.3) is 0 Å². The van der Waals surface area contributed by atoms with Crippen molar-refractivity contribution in [3.8, 4) is 0 Å². The van der Waals surface area contributed by atoms with Crippen LogP contribution in [0.2, 0.25) is 0 Å². The molecule has 2 amide bonds. The number of aromatic nitrogens is 2. The first-order valence-corrected chi connectivity index (χ1v) is 8.51. The van der Waals surface area contributed by atoms with Crippen molar-refractivity contribution in [3.05, 3.63) is 46.8 Å². The van der Waals surface area contributed by atoms with Crippen LogP contribution in [0.4, 0.5) is 36.8 Å². The van der Waals surface area contributed by atoms with Gasteiger partial charge in [-0.1, -0.05) is 0 Å². The van der Waals surface area contributed by atoms with Crippen LogP contribution in [0.5, 0.6) is 0 Å². The largest absolute Gasteiger partial charge is 0.435 e. The molecule has 0 bridgehead atoms. The summed E-state index contributed by atoms with van der Waals surface area (Å²) in [6.45, 7) is 0.0709. The number of carbonyl (C=O) groups is 1. The van der Waals surface area contributed by atoms with E-state index in [9.17, 15) is 31.1 Å². The molecule has 0 atom stereocenters. The molecule has 1 aliphatic rings. The van der Waals surface area contributed by atoms with Gasteiger partial charge in [-0.2, -0.15) is 31.4 Å². The van der Waals surface area contributed by atoms with Gasteiger partial charge in [-0.25, -0.2) is 4.79 Å². The molecule has 2 aromatic rings. The fourth-order valence-corrected chi connectivity index (χ4v) is 2.91. The Morgan fingerprint density at radius 1 is 1.10 bits per heavy atom. The van der Waals surface area contributed by atoms with Crippen LogP contribution in [0, 0.1) is 0 Å². The maximum Gasteiger partial charge on any atom is 0.435 e. The number of nitrogens with zero attached hydrogens (tertiary/aromatic N) is 2. The lowest BCUT2D eigenvalue weighted by molar-refractivity contribution is -0.143. The minimum absolute atomic E-state index is 0.00115. The van der Waals surface area contributed by atoms with Crippen LogP contribution in [0.3, 0.4) is 0 Å². The predicted molar refractivity (Wildman–Crippen MR) is 89.1 cm³/mol. The Balaban J connectivity index is 1.57. The summed E-state index contributed by atoms with van der Waals surface area (Å²) in [7, 11) is 0. The van der Waals surface area contributed by atoms with Crippen LogP contribution in [0.15, 0.2) is 24.3 Å². The van der Waals surface area contributed by atoms with Gasteiger partial charge in [0.2, 0.25) is 0 Å². The summed E-state index contributed by atoms with van der Waals surface area (Å²) in [6, 6.07) is 3.15. The van der Waals surface area contributed by atoms with E-state index in [1.807, 2.05) is 0 Å². The Morgan fingerprint density at radius 2 is 1.79 bits per heavy atom. The number of anilines is 1. The zero-order valence-electron chi connectivity index (χ0n) is 14.8. The summed E-state index contributed by atoms with van der Waals surface area (Å²) in [5.41, 5.74) is -1.30. The molecule has 158 valence electrons. The number of hydrogen-bond donors (Lipinski definition) is 2. The molecule has 29 heavy (non-hydrogen) atoms. The SMILES string of the molecule is O=C(NCCn1nc(C(F)(F)F)c2c1CCOC2)Nc1ccc(C(F)(F)F)cc1. The molecular weight excluding hydrogens is 406 g/mol. The Morgan fingerprint density at radius 3 is 2.41 bits per heavy atom. The molecule has 6 nitrogen and oxygen atoms in total. The van der Waals surface area contributed by atoms with E-state index >= 15 is 0 Å². The molecule has 0 saturated heterocycles. The average molecular weight is 422 g/mol. The molecule has 0 spiro atoms. The molecular formula is C17H16F6N4O2. The number of urea groups is 1. The topological polar surface area (TPSA) is 68.2 Å². The fraction of sp³-hybridized carbons (Fsp3) is 0.412. The number of benzene rings is 1. The molecule has 0 radical (unpaired) electrons. The van der Waals surface area contributed by atoms with E-state index in [0.717, 1.165) is 24.3 Å². The van der Waals surface area contributed by atoms with Crippen LogP contribution < -0.4 is 10.6 Å². The molecule has 3 rings (SSSR count). The van der Waals surface area contributed by atoms with E-state index < -0.39 is 29.6 Å². The zero-order chi connectivity index (χ0) is 21.2. The van der Waals surface area contributed by atoms with E-state index in [4.69, 9.17) is 4.74 Å². The van der Waals surface area contributed by atoms with Gasteiger partial charge in [0.05, 0.1) is 25.3 Å². The molecule has 0 unspecified atom stereocenters. The molecule has 1 aromatic heterocycles. The van der Waals surface area contributed by atoms with E-state index in [-0.39, 0.29) is 44.0 Å². The molecule has 2 N–H and O–H groups in total. The standard InChI is InChI=1S/C17H16F6N4O2/c18-16(19,20)10-1-3-11(4-2-10)25-15(28)24-6-7-27-13-5-8-29-9-12(13)14(26-27)17(21,22)23/h1-4H,5-9H2,(H2,24,25,28). The summed E-state index contributed by atoms with van der Waals surface area (Å²) in [5.74, 6) is 0. The quantitative estimate of drug-likeness (QED) is 0.737. The van der Waals surface area contributed by atoms with Gasteiger partial charge < -0.3 is 15.4 Å². The van der Waals surface area contributed by atoms with Gasteiger partial charge in [-0.15, -0.1) is 0 Å².